The minimum atomic E-state index is -0.346. The second kappa shape index (κ2) is 9.90. The number of benzene rings is 2. The van der Waals surface area contributed by atoms with Gasteiger partial charge in [-0.2, -0.15) is 0 Å². The lowest BCUT2D eigenvalue weighted by Crippen LogP contribution is -2.49. The van der Waals surface area contributed by atoms with E-state index >= 15 is 0 Å². The number of likely N-dealkylation sites (tertiary alicyclic amines) is 1. The van der Waals surface area contributed by atoms with Crippen molar-refractivity contribution in [1.29, 1.82) is 0 Å². The maximum atomic E-state index is 13.6. The number of amides is 3. The monoisotopic (exact) mass is 447 g/mol. The Morgan fingerprint density at radius 3 is 2.18 bits per heavy atom. The summed E-state index contributed by atoms with van der Waals surface area (Å²) in [5.74, 6) is -0.539. The van der Waals surface area contributed by atoms with Gasteiger partial charge < -0.3 is 14.5 Å². The van der Waals surface area contributed by atoms with Crippen LogP contribution in [0.25, 0.3) is 5.57 Å². The lowest BCUT2D eigenvalue weighted by Gasteiger charge is -2.35. The molecule has 0 bridgehead atoms. The maximum Gasteiger partial charge on any atom is 0.409 e. The van der Waals surface area contributed by atoms with Gasteiger partial charge in [0.2, 0.25) is 0 Å². The summed E-state index contributed by atoms with van der Waals surface area (Å²) < 4.78 is 5.09. The van der Waals surface area contributed by atoms with Crippen LogP contribution in [-0.4, -0.2) is 65.4 Å². The quantitative estimate of drug-likeness (QED) is 0.634. The first-order valence-corrected chi connectivity index (χ1v) is 11.4. The number of imide groups is 1. The summed E-state index contributed by atoms with van der Waals surface area (Å²) in [6.07, 6.45) is 0.726. The zero-order valence-corrected chi connectivity index (χ0v) is 19.1. The van der Waals surface area contributed by atoms with Crippen LogP contribution < -0.4 is 0 Å². The molecule has 7 nitrogen and oxygen atoms in total. The van der Waals surface area contributed by atoms with Crippen molar-refractivity contribution in [3.63, 3.8) is 0 Å². The summed E-state index contributed by atoms with van der Waals surface area (Å²) in [7, 11) is 1.85. The van der Waals surface area contributed by atoms with Gasteiger partial charge in [-0.15, -0.1) is 0 Å². The molecule has 0 spiro atoms. The molecule has 2 aliphatic rings. The summed E-state index contributed by atoms with van der Waals surface area (Å²) in [5.41, 5.74) is 2.65. The second-order valence-electron chi connectivity index (χ2n) is 8.33. The van der Waals surface area contributed by atoms with Gasteiger partial charge in [-0.3, -0.25) is 14.5 Å². The molecule has 33 heavy (non-hydrogen) atoms. The SMILES string of the molecule is CCOC(=O)N1CCC(N2C(=O)C(c3ccccc3)=C(N(C)Cc3ccccc3)C2=O)CC1. The van der Waals surface area contributed by atoms with Crippen LogP contribution in [0.5, 0.6) is 0 Å². The largest absolute Gasteiger partial charge is 0.450 e. The fourth-order valence-electron chi connectivity index (χ4n) is 4.54. The van der Waals surface area contributed by atoms with E-state index in [1.54, 1.807) is 11.8 Å². The van der Waals surface area contributed by atoms with Gasteiger partial charge in [0, 0.05) is 32.7 Å². The van der Waals surface area contributed by atoms with E-state index < -0.39 is 0 Å². The average Bonchev–Trinajstić information content (AvgIpc) is 3.10. The van der Waals surface area contributed by atoms with Gasteiger partial charge in [-0.25, -0.2) is 4.79 Å². The Labute approximate surface area is 194 Å². The van der Waals surface area contributed by atoms with Crippen molar-refractivity contribution in [3.8, 4) is 0 Å². The van der Waals surface area contributed by atoms with Crippen LogP contribution in [0.2, 0.25) is 0 Å². The van der Waals surface area contributed by atoms with Crippen LogP contribution in [0.15, 0.2) is 66.4 Å². The van der Waals surface area contributed by atoms with Crippen molar-refractivity contribution in [3.05, 3.63) is 77.5 Å². The molecule has 0 aliphatic carbocycles. The molecule has 0 radical (unpaired) electrons. The van der Waals surface area contributed by atoms with E-state index in [1.807, 2.05) is 72.6 Å². The maximum absolute atomic E-state index is 13.6. The van der Waals surface area contributed by atoms with Gasteiger partial charge in [0.25, 0.3) is 11.8 Å². The van der Waals surface area contributed by atoms with E-state index in [0.717, 1.165) is 11.1 Å². The lowest BCUT2D eigenvalue weighted by atomic mass is 10.0. The van der Waals surface area contributed by atoms with E-state index in [0.29, 0.717) is 50.4 Å². The molecule has 1 saturated heterocycles. The Kier molecular flexibility index (Phi) is 6.77. The van der Waals surface area contributed by atoms with Crippen molar-refractivity contribution in [2.24, 2.45) is 0 Å². The Bertz CT molecular complexity index is 1040. The molecule has 0 saturated carbocycles. The number of piperidine rings is 1. The first-order valence-electron chi connectivity index (χ1n) is 11.4. The highest BCUT2D eigenvalue weighted by atomic mass is 16.6. The fraction of sp³-hybridized carbons (Fsp3) is 0.346. The summed E-state index contributed by atoms with van der Waals surface area (Å²) in [4.78, 5) is 44.2. The predicted molar refractivity (Wildman–Crippen MR) is 125 cm³/mol. The van der Waals surface area contributed by atoms with Gasteiger partial charge in [-0.1, -0.05) is 60.7 Å². The van der Waals surface area contributed by atoms with Crippen LogP contribution in [-0.2, 0) is 20.9 Å². The zero-order valence-electron chi connectivity index (χ0n) is 19.1. The third-order valence-electron chi connectivity index (χ3n) is 6.15. The van der Waals surface area contributed by atoms with Gasteiger partial charge >= 0.3 is 6.09 Å². The first kappa shape index (κ1) is 22.6. The molecule has 3 amide bonds. The molecule has 0 unspecified atom stereocenters. The van der Waals surface area contributed by atoms with E-state index in [-0.39, 0.29) is 23.9 Å². The second-order valence-corrected chi connectivity index (χ2v) is 8.33. The highest BCUT2D eigenvalue weighted by Crippen LogP contribution is 2.35. The standard InChI is InChI=1S/C26H29N3O4/c1-3-33-26(32)28-16-14-21(15-17-28)29-24(30)22(20-12-8-5-9-13-20)23(25(29)31)27(2)18-19-10-6-4-7-11-19/h4-13,21H,3,14-18H2,1-2H3. The molecule has 0 atom stereocenters. The predicted octanol–water partition coefficient (Wildman–Crippen LogP) is 3.52. The molecule has 0 N–H and O–H groups in total. The van der Waals surface area contributed by atoms with E-state index in [1.165, 1.54) is 4.90 Å². The Balaban J connectivity index is 1.60. The molecule has 2 aromatic rings. The van der Waals surface area contributed by atoms with Gasteiger partial charge in [0.1, 0.15) is 5.70 Å². The van der Waals surface area contributed by atoms with Crippen LogP contribution in [0.3, 0.4) is 0 Å². The highest BCUT2D eigenvalue weighted by molar-refractivity contribution is 6.35. The molecule has 7 heteroatoms. The number of carbonyl (C=O) groups excluding carboxylic acids is 3. The van der Waals surface area contributed by atoms with Gasteiger partial charge in [-0.05, 0) is 30.9 Å². The third kappa shape index (κ3) is 4.62. The lowest BCUT2D eigenvalue weighted by molar-refractivity contribution is -0.141. The van der Waals surface area contributed by atoms with Crippen LogP contribution in [0.4, 0.5) is 4.79 Å². The Morgan fingerprint density at radius 2 is 1.58 bits per heavy atom. The molecule has 2 aliphatic heterocycles. The van der Waals surface area contributed by atoms with E-state index in [4.69, 9.17) is 4.74 Å². The topological polar surface area (TPSA) is 70.2 Å². The van der Waals surface area contributed by atoms with E-state index in [9.17, 15) is 14.4 Å². The number of hydrogen-bond acceptors (Lipinski definition) is 5. The minimum Gasteiger partial charge on any atom is -0.450 e. The van der Waals surface area contributed by atoms with Crippen LogP contribution in [0, 0.1) is 0 Å². The molecule has 0 aromatic heterocycles. The normalized spacial score (nSPS) is 17.0. The van der Waals surface area contributed by atoms with E-state index in [2.05, 4.69) is 0 Å². The summed E-state index contributed by atoms with van der Waals surface area (Å²) in [5, 5.41) is 0. The number of nitrogens with zero attached hydrogens (tertiary/aromatic N) is 3. The molecule has 4 rings (SSSR count). The van der Waals surface area contributed by atoms with Gasteiger partial charge in [0.15, 0.2) is 0 Å². The van der Waals surface area contributed by atoms with Crippen LogP contribution >= 0.6 is 0 Å². The Hall–Kier alpha value is -3.61. The van der Waals surface area contributed by atoms with Crippen molar-refractivity contribution in [2.75, 3.05) is 26.7 Å². The molecule has 2 aromatic carbocycles. The average molecular weight is 448 g/mol. The smallest absolute Gasteiger partial charge is 0.409 e. The minimum absolute atomic E-state index is 0.253. The zero-order chi connectivity index (χ0) is 23.4. The van der Waals surface area contributed by atoms with Gasteiger partial charge in [0.05, 0.1) is 12.2 Å². The number of carbonyl (C=O) groups is 3. The van der Waals surface area contributed by atoms with Crippen molar-refractivity contribution in [1.82, 2.24) is 14.7 Å². The number of likely N-dealkylation sites (N-methyl/N-ethyl adjacent to an activating group) is 1. The number of hydrogen-bond donors (Lipinski definition) is 0. The highest BCUT2D eigenvalue weighted by Gasteiger charge is 2.45. The molecule has 2 heterocycles. The molecular weight excluding hydrogens is 418 g/mol. The van der Waals surface area contributed by atoms with Crippen molar-refractivity contribution >= 4 is 23.5 Å². The first-order chi connectivity index (χ1) is 16.0. The summed E-state index contributed by atoms with van der Waals surface area (Å²) >= 11 is 0. The molecular formula is C26H29N3O4. The van der Waals surface area contributed by atoms with Crippen molar-refractivity contribution < 1.29 is 19.1 Å². The number of rotatable bonds is 6. The Morgan fingerprint density at radius 1 is 0.970 bits per heavy atom. The summed E-state index contributed by atoms with van der Waals surface area (Å²) in [6.45, 7) is 3.52. The third-order valence-corrected chi connectivity index (χ3v) is 6.15. The number of ether oxygens (including phenoxy) is 1. The molecule has 172 valence electrons. The van der Waals surface area contributed by atoms with Crippen LogP contribution in [0.1, 0.15) is 30.9 Å². The molecule has 1 fully saturated rings. The van der Waals surface area contributed by atoms with Crippen molar-refractivity contribution in [2.45, 2.75) is 32.4 Å². The summed E-state index contributed by atoms with van der Waals surface area (Å²) in [6, 6.07) is 19.0. The fourth-order valence-corrected chi connectivity index (χ4v) is 4.54.